The van der Waals surface area contributed by atoms with E-state index in [2.05, 4.69) is 10.1 Å². The zero-order valence-corrected chi connectivity index (χ0v) is 11.7. The van der Waals surface area contributed by atoms with Crippen molar-refractivity contribution < 1.29 is 18.9 Å². The van der Waals surface area contributed by atoms with Gasteiger partial charge in [0.05, 0.1) is 0 Å². The summed E-state index contributed by atoms with van der Waals surface area (Å²) in [4.78, 5) is 42.4. The van der Waals surface area contributed by atoms with Gasteiger partial charge in [-0.3, -0.25) is 19.3 Å². The van der Waals surface area contributed by atoms with Crippen LogP contribution in [-0.2, 0) is 14.4 Å². The van der Waals surface area contributed by atoms with Crippen LogP contribution in [0.25, 0.3) is 0 Å². The second kappa shape index (κ2) is 5.27. The number of carbonyl (C=O) groups is 3. The number of hydrogen-bond acceptors (Lipinski definition) is 6. The SMILES string of the molecule is Cc1noc(C2CCCN2C(=O)CN2C(=O)CCC2=O)n1. The molecule has 1 atom stereocenters. The fourth-order valence-electron chi connectivity index (χ4n) is 2.80. The highest BCUT2D eigenvalue weighted by atomic mass is 16.5. The van der Waals surface area contributed by atoms with Crippen LogP contribution >= 0.6 is 0 Å². The summed E-state index contributed by atoms with van der Waals surface area (Å²) in [7, 11) is 0. The molecule has 1 unspecified atom stereocenters. The van der Waals surface area contributed by atoms with Crippen LogP contribution < -0.4 is 0 Å². The molecule has 21 heavy (non-hydrogen) atoms. The second-order valence-electron chi connectivity index (χ2n) is 5.30. The Morgan fingerprint density at radius 1 is 1.33 bits per heavy atom. The van der Waals surface area contributed by atoms with Gasteiger partial charge in [-0.1, -0.05) is 5.16 Å². The average molecular weight is 292 g/mol. The summed E-state index contributed by atoms with van der Waals surface area (Å²) < 4.78 is 5.14. The maximum absolute atomic E-state index is 12.4. The zero-order chi connectivity index (χ0) is 15.0. The van der Waals surface area contributed by atoms with Crippen molar-refractivity contribution in [1.82, 2.24) is 19.9 Å². The summed E-state index contributed by atoms with van der Waals surface area (Å²) in [6.45, 7) is 2.10. The van der Waals surface area contributed by atoms with Crippen LogP contribution in [-0.4, -0.2) is 50.8 Å². The normalized spacial score (nSPS) is 22.4. The van der Waals surface area contributed by atoms with Gasteiger partial charge in [0.1, 0.15) is 12.6 Å². The Bertz CT molecular complexity index is 581. The Labute approximate surface area is 121 Å². The summed E-state index contributed by atoms with van der Waals surface area (Å²) in [6.07, 6.45) is 1.96. The number of aromatic nitrogens is 2. The molecule has 3 rings (SSSR count). The van der Waals surface area contributed by atoms with Gasteiger partial charge in [-0.25, -0.2) is 0 Å². The molecular formula is C13H16N4O4. The van der Waals surface area contributed by atoms with E-state index in [1.165, 1.54) is 0 Å². The van der Waals surface area contributed by atoms with Gasteiger partial charge in [-0.15, -0.1) is 0 Å². The number of nitrogens with zero attached hydrogens (tertiary/aromatic N) is 4. The van der Waals surface area contributed by atoms with Crippen molar-refractivity contribution in [3.63, 3.8) is 0 Å². The second-order valence-corrected chi connectivity index (χ2v) is 5.30. The number of imide groups is 1. The number of aryl methyl sites for hydroxylation is 1. The van der Waals surface area contributed by atoms with Crippen LogP contribution in [0.2, 0.25) is 0 Å². The number of carbonyl (C=O) groups excluding carboxylic acids is 3. The molecule has 2 saturated heterocycles. The van der Waals surface area contributed by atoms with E-state index in [1.807, 2.05) is 0 Å². The average Bonchev–Trinajstić information content (AvgIpc) is 3.14. The lowest BCUT2D eigenvalue weighted by molar-refractivity contribution is -0.146. The van der Waals surface area contributed by atoms with Crippen molar-refractivity contribution >= 4 is 17.7 Å². The molecule has 2 aliphatic rings. The van der Waals surface area contributed by atoms with Crippen LogP contribution in [0, 0.1) is 6.92 Å². The molecular weight excluding hydrogens is 276 g/mol. The molecule has 0 aromatic carbocycles. The smallest absolute Gasteiger partial charge is 0.249 e. The van der Waals surface area contributed by atoms with E-state index in [1.54, 1.807) is 11.8 Å². The summed E-state index contributed by atoms with van der Waals surface area (Å²) in [5.41, 5.74) is 0. The third-order valence-corrected chi connectivity index (χ3v) is 3.85. The van der Waals surface area contributed by atoms with Crippen LogP contribution in [0.5, 0.6) is 0 Å². The first-order valence-corrected chi connectivity index (χ1v) is 6.99. The number of likely N-dealkylation sites (tertiary alicyclic amines) is 2. The minimum absolute atomic E-state index is 0.193. The highest BCUT2D eigenvalue weighted by molar-refractivity contribution is 6.04. The first kappa shape index (κ1) is 13.7. The van der Waals surface area contributed by atoms with E-state index >= 15 is 0 Å². The van der Waals surface area contributed by atoms with Gasteiger partial charge in [0.25, 0.3) is 0 Å². The molecule has 1 aromatic rings. The van der Waals surface area contributed by atoms with Gasteiger partial charge in [-0.05, 0) is 19.8 Å². The standard InChI is InChI=1S/C13H16N4O4/c1-8-14-13(21-15-8)9-3-2-6-16(9)12(20)7-17-10(18)4-5-11(17)19/h9H,2-7H2,1H3. The predicted molar refractivity (Wildman–Crippen MR) is 68.7 cm³/mol. The molecule has 8 nitrogen and oxygen atoms in total. The molecule has 0 radical (unpaired) electrons. The molecule has 0 bridgehead atoms. The third kappa shape index (κ3) is 2.53. The topological polar surface area (TPSA) is 96.6 Å². The van der Waals surface area contributed by atoms with E-state index in [0.29, 0.717) is 18.3 Å². The fraction of sp³-hybridized carbons (Fsp3) is 0.615. The van der Waals surface area contributed by atoms with E-state index in [4.69, 9.17) is 4.52 Å². The highest BCUT2D eigenvalue weighted by Gasteiger charge is 2.37. The van der Waals surface area contributed by atoms with Crippen molar-refractivity contribution in [3.05, 3.63) is 11.7 Å². The molecule has 1 aromatic heterocycles. The monoisotopic (exact) mass is 292 g/mol. The largest absolute Gasteiger partial charge is 0.337 e. The Morgan fingerprint density at radius 2 is 2.05 bits per heavy atom. The maximum atomic E-state index is 12.4. The van der Waals surface area contributed by atoms with E-state index in [0.717, 1.165) is 17.7 Å². The lowest BCUT2D eigenvalue weighted by Gasteiger charge is -2.24. The molecule has 2 fully saturated rings. The summed E-state index contributed by atoms with van der Waals surface area (Å²) in [5.74, 6) is 0.124. The summed E-state index contributed by atoms with van der Waals surface area (Å²) in [5, 5.41) is 3.74. The van der Waals surface area contributed by atoms with Crippen molar-refractivity contribution in [2.24, 2.45) is 0 Å². The van der Waals surface area contributed by atoms with Crippen LogP contribution in [0.4, 0.5) is 0 Å². The highest BCUT2D eigenvalue weighted by Crippen LogP contribution is 2.31. The lowest BCUT2D eigenvalue weighted by atomic mass is 10.2. The minimum atomic E-state index is -0.280. The Hall–Kier alpha value is -2.25. The Balaban J connectivity index is 1.71. The quantitative estimate of drug-likeness (QED) is 0.738. The van der Waals surface area contributed by atoms with E-state index in [9.17, 15) is 14.4 Å². The number of amides is 3. The Morgan fingerprint density at radius 3 is 2.67 bits per heavy atom. The number of rotatable bonds is 3. The van der Waals surface area contributed by atoms with E-state index < -0.39 is 0 Å². The lowest BCUT2D eigenvalue weighted by Crippen LogP contribution is -2.42. The van der Waals surface area contributed by atoms with Crippen molar-refractivity contribution in [2.45, 2.75) is 38.6 Å². The molecule has 112 valence electrons. The third-order valence-electron chi connectivity index (χ3n) is 3.85. The molecule has 2 aliphatic heterocycles. The van der Waals surface area contributed by atoms with Crippen LogP contribution in [0.1, 0.15) is 43.4 Å². The van der Waals surface area contributed by atoms with Crippen molar-refractivity contribution in [3.8, 4) is 0 Å². The van der Waals surface area contributed by atoms with Crippen molar-refractivity contribution in [1.29, 1.82) is 0 Å². The molecule has 3 heterocycles. The first-order chi connectivity index (χ1) is 10.1. The van der Waals surface area contributed by atoms with Gasteiger partial charge in [0.2, 0.25) is 23.6 Å². The van der Waals surface area contributed by atoms with Gasteiger partial charge >= 0.3 is 0 Å². The molecule has 8 heteroatoms. The van der Waals surface area contributed by atoms with Gasteiger partial charge in [0.15, 0.2) is 5.82 Å². The van der Waals surface area contributed by atoms with Crippen LogP contribution in [0.3, 0.4) is 0 Å². The molecule has 0 N–H and O–H groups in total. The van der Waals surface area contributed by atoms with Gasteiger partial charge in [-0.2, -0.15) is 4.98 Å². The van der Waals surface area contributed by atoms with Crippen molar-refractivity contribution in [2.75, 3.05) is 13.1 Å². The van der Waals surface area contributed by atoms with E-state index in [-0.39, 0.29) is 43.1 Å². The summed E-state index contributed by atoms with van der Waals surface area (Å²) in [6, 6.07) is -0.258. The number of hydrogen-bond donors (Lipinski definition) is 0. The molecule has 0 spiro atoms. The molecule has 0 aliphatic carbocycles. The zero-order valence-electron chi connectivity index (χ0n) is 11.7. The van der Waals surface area contributed by atoms with Gasteiger partial charge in [0, 0.05) is 19.4 Å². The summed E-state index contributed by atoms with van der Waals surface area (Å²) >= 11 is 0. The first-order valence-electron chi connectivity index (χ1n) is 6.99. The molecule has 0 saturated carbocycles. The van der Waals surface area contributed by atoms with Crippen LogP contribution in [0.15, 0.2) is 4.52 Å². The Kier molecular flexibility index (Phi) is 3.44. The predicted octanol–water partition coefficient (Wildman–Crippen LogP) is 0.191. The molecule has 3 amide bonds. The fourth-order valence-corrected chi connectivity index (χ4v) is 2.80. The van der Waals surface area contributed by atoms with Gasteiger partial charge < -0.3 is 9.42 Å². The maximum Gasteiger partial charge on any atom is 0.249 e. The minimum Gasteiger partial charge on any atom is -0.337 e.